The third kappa shape index (κ3) is 7.10. The lowest BCUT2D eigenvalue weighted by Crippen LogP contribution is -1.93. The summed E-state index contributed by atoms with van der Waals surface area (Å²) in [5.41, 5.74) is 1.07. The molecule has 76 valence electrons. The fourth-order valence-corrected chi connectivity index (χ4v) is 1.01. The van der Waals surface area contributed by atoms with Gasteiger partial charge in [-0.15, -0.1) is 0 Å². The fraction of sp³-hybridized carbons (Fsp3) is 0.250. The van der Waals surface area contributed by atoms with Crippen molar-refractivity contribution in [3.05, 3.63) is 49.1 Å². The maximum atomic E-state index is 10.3. The molecule has 0 aromatic rings. The van der Waals surface area contributed by atoms with Gasteiger partial charge in [0.25, 0.3) is 0 Å². The molecule has 0 bridgehead atoms. The Balaban J connectivity index is 4.04. The minimum absolute atomic E-state index is 0.205. The predicted molar refractivity (Wildman–Crippen MR) is 59.1 cm³/mol. The van der Waals surface area contributed by atoms with E-state index in [1.807, 2.05) is 18.2 Å². The fourth-order valence-electron chi connectivity index (χ4n) is 1.01. The molecule has 0 aromatic heterocycles. The number of allylic oxidation sites excluding steroid dienone is 6. The summed E-state index contributed by atoms with van der Waals surface area (Å²) in [5.74, 6) is -0.754. The van der Waals surface area contributed by atoms with E-state index in [0.717, 1.165) is 12.0 Å². The normalized spacial score (nSPS) is 11.6. The zero-order valence-corrected chi connectivity index (χ0v) is 8.28. The Morgan fingerprint density at radius 3 is 2.43 bits per heavy atom. The summed E-state index contributed by atoms with van der Waals surface area (Å²) >= 11 is 0. The van der Waals surface area contributed by atoms with Gasteiger partial charge in [-0.05, 0) is 18.4 Å². The maximum Gasteiger partial charge on any atom is 0.303 e. The van der Waals surface area contributed by atoms with Crippen LogP contribution in [-0.4, -0.2) is 11.1 Å². The lowest BCUT2D eigenvalue weighted by atomic mass is 10.1. The summed E-state index contributed by atoms with van der Waals surface area (Å²) in [6.07, 6.45) is 10.6. The first kappa shape index (κ1) is 12.4. The zero-order chi connectivity index (χ0) is 10.8. The Bertz CT molecular complexity index is 259. The van der Waals surface area contributed by atoms with E-state index in [-0.39, 0.29) is 6.42 Å². The number of hydrogen-bond acceptors (Lipinski definition) is 1. The third-order valence-electron chi connectivity index (χ3n) is 1.63. The Labute approximate surface area is 85.0 Å². The van der Waals surface area contributed by atoms with Gasteiger partial charge in [0.2, 0.25) is 0 Å². The van der Waals surface area contributed by atoms with E-state index in [1.54, 1.807) is 12.2 Å². The summed E-state index contributed by atoms with van der Waals surface area (Å²) in [5, 5.41) is 8.46. The van der Waals surface area contributed by atoms with Crippen LogP contribution in [0.15, 0.2) is 49.1 Å². The molecule has 0 aliphatic carbocycles. The second-order valence-electron chi connectivity index (χ2n) is 2.82. The van der Waals surface area contributed by atoms with E-state index in [2.05, 4.69) is 13.2 Å². The molecular weight excluding hydrogens is 176 g/mol. The largest absolute Gasteiger partial charge is 0.481 e. The second-order valence-corrected chi connectivity index (χ2v) is 2.82. The van der Waals surface area contributed by atoms with Crippen LogP contribution in [0.1, 0.15) is 19.3 Å². The van der Waals surface area contributed by atoms with Crippen molar-refractivity contribution >= 4 is 5.97 Å². The van der Waals surface area contributed by atoms with Crippen molar-refractivity contribution in [3.8, 4) is 0 Å². The van der Waals surface area contributed by atoms with Gasteiger partial charge >= 0.3 is 5.97 Å². The van der Waals surface area contributed by atoms with Crippen molar-refractivity contribution in [3.63, 3.8) is 0 Å². The van der Waals surface area contributed by atoms with Crippen LogP contribution in [0.4, 0.5) is 0 Å². The molecule has 0 radical (unpaired) electrons. The number of carboxylic acids is 1. The molecule has 0 fully saturated rings. The summed E-state index contributed by atoms with van der Waals surface area (Å²) in [6, 6.07) is 0. The smallest absolute Gasteiger partial charge is 0.303 e. The summed E-state index contributed by atoms with van der Waals surface area (Å²) in [6.45, 7) is 7.17. The van der Waals surface area contributed by atoms with Crippen molar-refractivity contribution < 1.29 is 9.90 Å². The quantitative estimate of drug-likeness (QED) is 0.629. The zero-order valence-electron chi connectivity index (χ0n) is 8.28. The van der Waals surface area contributed by atoms with E-state index < -0.39 is 5.97 Å². The molecule has 0 unspecified atom stereocenters. The molecule has 2 nitrogen and oxygen atoms in total. The van der Waals surface area contributed by atoms with E-state index in [4.69, 9.17) is 5.11 Å². The molecule has 0 rings (SSSR count). The standard InChI is InChI=1S/C12H16O2/c1-3-5-8-11(7-4-2)9-6-10-12(13)14/h3-5,7-8H,1-2,6,9-10H2,(H,13,14)/b8-5-,11-7+. The highest BCUT2D eigenvalue weighted by Gasteiger charge is 1.97. The van der Waals surface area contributed by atoms with Crippen LogP contribution >= 0.6 is 0 Å². The van der Waals surface area contributed by atoms with Gasteiger partial charge in [-0.3, -0.25) is 4.79 Å². The number of rotatable bonds is 7. The Kier molecular flexibility index (Phi) is 7.15. The second kappa shape index (κ2) is 8.05. The molecule has 0 saturated heterocycles. The third-order valence-corrected chi connectivity index (χ3v) is 1.63. The minimum Gasteiger partial charge on any atom is -0.481 e. The van der Waals surface area contributed by atoms with Gasteiger partial charge in [0.1, 0.15) is 0 Å². The topological polar surface area (TPSA) is 37.3 Å². The van der Waals surface area contributed by atoms with Gasteiger partial charge in [-0.25, -0.2) is 0 Å². The first-order valence-electron chi connectivity index (χ1n) is 4.53. The molecule has 0 saturated carbocycles. The van der Waals surface area contributed by atoms with Gasteiger partial charge in [0, 0.05) is 6.42 Å². The van der Waals surface area contributed by atoms with Crippen molar-refractivity contribution in [1.82, 2.24) is 0 Å². The van der Waals surface area contributed by atoms with Crippen molar-refractivity contribution in [1.29, 1.82) is 0 Å². The van der Waals surface area contributed by atoms with E-state index in [1.165, 1.54) is 0 Å². The van der Waals surface area contributed by atoms with Crippen LogP contribution in [-0.2, 0) is 4.79 Å². The van der Waals surface area contributed by atoms with Crippen LogP contribution in [0.25, 0.3) is 0 Å². The van der Waals surface area contributed by atoms with Crippen molar-refractivity contribution in [2.45, 2.75) is 19.3 Å². The average Bonchev–Trinajstić information content (AvgIpc) is 2.13. The van der Waals surface area contributed by atoms with Crippen LogP contribution in [0.5, 0.6) is 0 Å². The highest BCUT2D eigenvalue weighted by molar-refractivity contribution is 5.66. The summed E-state index contributed by atoms with van der Waals surface area (Å²) < 4.78 is 0. The molecule has 0 atom stereocenters. The molecule has 0 aliphatic rings. The van der Waals surface area contributed by atoms with Gasteiger partial charge in [0.05, 0.1) is 0 Å². The Morgan fingerprint density at radius 2 is 1.93 bits per heavy atom. The van der Waals surface area contributed by atoms with Gasteiger partial charge in [-0.2, -0.15) is 0 Å². The van der Waals surface area contributed by atoms with E-state index in [0.29, 0.717) is 6.42 Å². The monoisotopic (exact) mass is 192 g/mol. The number of carbonyl (C=O) groups is 1. The molecular formula is C12H16O2. The highest BCUT2D eigenvalue weighted by Crippen LogP contribution is 2.09. The van der Waals surface area contributed by atoms with Gasteiger partial charge in [-0.1, -0.05) is 43.5 Å². The van der Waals surface area contributed by atoms with Crippen molar-refractivity contribution in [2.24, 2.45) is 0 Å². The number of carboxylic acid groups (broad SMARTS) is 1. The molecule has 0 amide bonds. The number of aliphatic carboxylic acids is 1. The Morgan fingerprint density at radius 1 is 1.21 bits per heavy atom. The molecule has 1 N–H and O–H groups in total. The van der Waals surface area contributed by atoms with Crippen molar-refractivity contribution in [2.75, 3.05) is 0 Å². The van der Waals surface area contributed by atoms with E-state index in [9.17, 15) is 4.79 Å². The van der Waals surface area contributed by atoms with Crippen LogP contribution < -0.4 is 0 Å². The maximum absolute atomic E-state index is 10.3. The SMILES string of the molecule is C=C/C=C\C(=C/C=C)CCCC(=O)O. The first-order valence-corrected chi connectivity index (χ1v) is 4.53. The van der Waals surface area contributed by atoms with Gasteiger partial charge < -0.3 is 5.11 Å². The van der Waals surface area contributed by atoms with Crippen LogP contribution in [0.3, 0.4) is 0 Å². The lowest BCUT2D eigenvalue weighted by Gasteiger charge is -1.98. The van der Waals surface area contributed by atoms with E-state index >= 15 is 0 Å². The number of hydrogen-bond donors (Lipinski definition) is 1. The van der Waals surface area contributed by atoms with Crippen LogP contribution in [0, 0.1) is 0 Å². The van der Waals surface area contributed by atoms with Gasteiger partial charge in [0.15, 0.2) is 0 Å². The van der Waals surface area contributed by atoms with Crippen LogP contribution in [0.2, 0.25) is 0 Å². The molecule has 14 heavy (non-hydrogen) atoms. The summed E-state index contributed by atoms with van der Waals surface area (Å²) in [7, 11) is 0. The minimum atomic E-state index is -0.754. The molecule has 2 heteroatoms. The summed E-state index contributed by atoms with van der Waals surface area (Å²) in [4.78, 5) is 10.3. The lowest BCUT2D eigenvalue weighted by molar-refractivity contribution is -0.137. The first-order chi connectivity index (χ1) is 6.70. The average molecular weight is 192 g/mol. The predicted octanol–water partition coefficient (Wildman–Crippen LogP) is 3.10. The highest BCUT2D eigenvalue weighted by atomic mass is 16.4. The molecule has 0 spiro atoms. The Hall–Kier alpha value is -1.57. The molecule has 0 aliphatic heterocycles. The molecule has 0 heterocycles. The molecule has 0 aromatic carbocycles.